The highest BCUT2D eigenvalue weighted by Gasteiger charge is 2.17. The highest BCUT2D eigenvalue weighted by molar-refractivity contribution is 5.78. The van der Waals surface area contributed by atoms with E-state index in [1.165, 1.54) is 12.8 Å². The lowest BCUT2D eigenvalue weighted by molar-refractivity contribution is -0.120. The van der Waals surface area contributed by atoms with E-state index in [-0.39, 0.29) is 5.91 Å². The van der Waals surface area contributed by atoms with Crippen LogP contribution >= 0.6 is 0 Å². The van der Waals surface area contributed by atoms with Crippen molar-refractivity contribution in [2.24, 2.45) is 5.92 Å². The second kappa shape index (κ2) is 8.03. The van der Waals surface area contributed by atoms with Gasteiger partial charge in [0.15, 0.2) is 0 Å². The van der Waals surface area contributed by atoms with Crippen LogP contribution in [0, 0.1) is 5.92 Å². The molecule has 0 saturated carbocycles. The lowest BCUT2D eigenvalue weighted by Crippen LogP contribution is -2.39. The van der Waals surface area contributed by atoms with Crippen molar-refractivity contribution in [1.82, 2.24) is 10.2 Å². The Balaban J connectivity index is 1.86. The van der Waals surface area contributed by atoms with Gasteiger partial charge in [0.05, 0.1) is 20.6 Å². The van der Waals surface area contributed by atoms with Crippen LogP contribution in [0.5, 0.6) is 11.5 Å². The number of ether oxygens (including phenoxy) is 2. The van der Waals surface area contributed by atoms with Gasteiger partial charge in [-0.15, -0.1) is 0 Å². The third kappa shape index (κ3) is 4.91. The van der Waals surface area contributed by atoms with Crippen LogP contribution in [0.1, 0.15) is 18.4 Å². The molecule has 1 aromatic carbocycles. The molecule has 0 aliphatic carbocycles. The van der Waals surface area contributed by atoms with Crippen LogP contribution in [-0.4, -0.2) is 51.7 Å². The Kier molecular flexibility index (Phi) is 6.07. The molecule has 1 N–H and O–H groups in total. The second-order valence-corrected chi connectivity index (χ2v) is 5.97. The first kappa shape index (κ1) is 16.6. The van der Waals surface area contributed by atoms with E-state index in [9.17, 15) is 4.79 Å². The first-order chi connectivity index (χ1) is 10.6. The van der Waals surface area contributed by atoms with Crippen LogP contribution in [0.4, 0.5) is 0 Å². The van der Waals surface area contributed by atoms with Crippen molar-refractivity contribution < 1.29 is 14.3 Å². The Morgan fingerprint density at radius 3 is 2.55 bits per heavy atom. The molecule has 0 aromatic heterocycles. The number of carbonyl (C=O) groups is 1. The van der Waals surface area contributed by atoms with Crippen molar-refractivity contribution in [2.75, 3.05) is 40.9 Å². The molecule has 122 valence electrons. The Morgan fingerprint density at radius 2 is 1.95 bits per heavy atom. The predicted molar refractivity (Wildman–Crippen MR) is 86.5 cm³/mol. The van der Waals surface area contributed by atoms with Gasteiger partial charge >= 0.3 is 0 Å². The number of piperidine rings is 1. The first-order valence-electron chi connectivity index (χ1n) is 7.78. The van der Waals surface area contributed by atoms with Gasteiger partial charge in [-0.2, -0.15) is 0 Å². The van der Waals surface area contributed by atoms with Gasteiger partial charge in [0.1, 0.15) is 11.5 Å². The van der Waals surface area contributed by atoms with E-state index in [2.05, 4.69) is 17.3 Å². The van der Waals surface area contributed by atoms with Crippen LogP contribution in [0.15, 0.2) is 18.2 Å². The van der Waals surface area contributed by atoms with Crippen molar-refractivity contribution >= 4 is 5.91 Å². The zero-order chi connectivity index (χ0) is 15.9. The molecule has 1 heterocycles. The number of likely N-dealkylation sites (tertiary alicyclic amines) is 1. The number of hydrogen-bond donors (Lipinski definition) is 1. The van der Waals surface area contributed by atoms with Gasteiger partial charge < -0.3 is 19.7 Å². The number of benzene rings is 1. The van der Waals surface area contributed by atoms with Crippen LogP contribution in [0.2, 0.25) is 0 Å². The molecule has 0 radical (unpaired) electrons. The average Bonchev–Trinajstić information content (AvgIpc) is 2.52. The number of rotatable bonds is 6. The third-order valence-electron chi connectivity index (χ3n) is 4.09. The lowest BCUT2D eigenvalue weighted by Gasteiger charge is -2.29. The predicted octanol–water partition coefficient (Wildman–Crippen LogP) is 1.70. The van der Waals surface area contributed by atoms with Crippen molar-refractivity contribution in [3.8, 4) is 11.5 Å². The molecule has 5 heteroatoms. The normalized spacial score (nSPS) is 18.8. The number of amides is 1. The standard InChI is InChI=1S/C17H26N2O3/c1-19-6-4-5-13(12-19)11-18-17(20)9-14-7-15(21-2)10-16(8-14)22-3/h7-8,10,13H,4-6,9,11-12H2,1-3H3,(H,18,20)/t13-/m0/s1. The van der Waals surface area contributed by atoms with E-state index in [0.29, 0.717) is 23.8 Å². The van der Waals surface area contributed by atoms with E-state index >= 15 is 0 Å². The highest BCUT2D eigenvalue weighted by Crippen LogP contribution is 2.22. The Bertz CT molecular complexity index is 482. The molecular formula is C17H26N2O3. The fraction of sp³-hybridized carbons (Fsp3) is 0.588. The van der Waals surface area contributed by atoms with E-state index in [4.69, 9.17) is 9.47 Å². The fourth-order valence-electron chi connectivity index (χ4n) is 2.91. The van der Waals surface area contributed by atoms with Crippen LogP contribution in [0.25, 0.3) is 0 Å². The van der Waals surface area contributed by atoms with Gasteiger partial charge in [0, 0.05) is 19.2 Å². The van der Waals surface area contributed by atoms with Crippen molar-refractivity contribution in [3.63, 3.8) is 0 Å². The van der Waals surface area contributed by atoms with Gasteiger partial charge in [-0.1, -0.05) is 0 Å². The minimum absolute atomic E-state index is 0.0449. The molecule has 0 spiro atoms. The molecule has 1 aliphatic heterocycles. The zero-order valence-electron chi connectivity index (χ0n) is 13.7. The number of hydrogen-bond acceptors (Lipinski definition) is 4. The summed E-state index contributed by atoms with van der Waals surface area (Å²) < 4.78 is 10.5. The van der Waals surface area contributed by atoms with E-state index in [1.807, 2.05) is 12.1 Å². The Hall–Kier alpha value is -1.75. The summed E-state index contributed by atoms with van der Waals surface area (Å²) in [6, 6.07) is 5.55. The monoisotopic (exact) mass is 306 g/mol. The van der Waals surface area contributed by atoms with E-state index < -0.39 is 0 Å². The maximum absolute atomic E-state index is 12.1. The Labute approximate surface area is 132 Å². The number of nitrogens with zero attached hydrogens (tertiary/aromatic N) is 1. The summed E-state index contributed by atoms with van der Waals surface area (Å²) in [7, 11) is 5.35. The van der Waals surface area contributed by atoms with Gasteiger partial charge in [-0.05, 0) is 50.0 Å². The number of methoxy groups -OCH3 is 2. The molecule has 0 bridgehead atoms. The van der Waals surface area contributed by atoms with Gasteiger partial charge in [0.2, 0.25) is 5.91 Å². The van der Waals surface area contributed by atoms with E-state index in [1.54, 1.807) is 20.3 Å². The third-order valence-corrected chi connectivity index (χ3v) is 4.09. The lowest BCUT2D eigenvalue weighted by atomic mass is 9.98. The van der Waals surface area contributed by atoms with Gasteiger partial charge in [-0.3, -0.25) is 4.79 Å². The summed E-state index contributed by atoms with van der Waals surface area (Å²) in [6.07, 6.45) is 2.75. The van der Waals surface area contributed by atoms with E-state index in [0.717, 1.165) is 25.2 Å². The molecule has 2 rings (SSSR count). The van der Waals surface area contributed by atoms with Crippen molar-refractivity contribution in [1.29, 1.82) is 0 Å². The summed E-state index contributed by atoms with van der Waals surface area (Å²) in [6.45, 7) is 2.98. The summed E-state index contributed by atoms with van der Waals surface area (Å²) in [5, 5.41) is 3.05. The smallest absolute Gasteiger partial charge is 0.224 e. The van der Waals surface area contributed by atoms with Gasteiger partial charge in [-0.25, -0.2) is 0 Å². The molecule has 5 nitrogen and oxygen atoms in total. The minimum Gasteiger partial charge on any atom is -0.497 e. The minimum atomic E-state index is 0.0449. The average molecular weight is 306 g/mol. The van der Waals surface area contributed by atoms with Gasteiger partial charge in [0.25, 0.3) is 0 Å². The maximum atomic E-state index is 12.1. The summed E-state index contributed by atoms with van der Waals surface area (Å²) in [4.78, 5) is 14.5. The van der Waals surface area contributed by atoms with Crippen molar-refractivity contribution in [3.05, 3.63) is 23.8 Å². The number of carbonyl (C=O) groups excluding carboxylic acids is 1. The zero-order valence-corrected chi connectivity index (χ0v) is 13.7. The molecule has 0 unspecified atom stereocenters. The fourth-order valence-corrected chi connectivity index (χ4v) is 2.91. The highest BCUT2D eigenvalue weighted by atomic mass is 16.5. The second-order valence-electron chi connectivity index (χ2n) is 5.97. The quantitative estimate of drug-likeness (QED) is 0.869. The summed E-state index contributed by atoms with van der Waals surface area (Å²) in [5.74, 6) is 2.01. The molecule has 1 fully saturated rings. The van der Waals surface area contributed by atoms with Crippen LogP contribution in [0.3, 0.4) is 0 Å². The van der Waals surface area contributed by atoms with Crippen LogP contribution in [-0.2, 0) is 11.2 Å². The molecule has 1 aromatic rings. The molecule has 1 aliphatic rings. The van der Waals surface area contributed by atoms with Crippen LogP contribution < -0.4 is 14.8 Å². The number of nitrogens with one attached hydrogen (secondary N) is 1. The molecule has 1 atom stereocenters. The molecule has 1 amide bonds. The topological polar surface area (TPSA) is 50.8 Å². The largest absolute Gasteiger partial charge is 0.497 e. The van der Waals surface area contributed by atoms with Crippen molar-refractivity contribution in [2.45, 2.75) is 19.3 Å². The maximum Gasteiger partial charge on any atom is 0.224 e. The summed E-state index contributed by atoms with van der Waals surface area (Å²) in [5.41, 5.74) is 0.898. The Morgan fingerprint density at radius 1 is 1.27 bits per heavy atom. The SMILES string of the molecule is COc1cc(CC(=O)NC[C@@H]2CCCN(C)C2)cc(OC)c1. The molecule has 22 heavy (non-hydrogen) atoms. The summed E-state index contributed by atoms with van der Waals surface area (Å²) >= 11 is 0. The first-order valence-corrected chi connectivity index (χ1v) is 7.78. The molecular weight excluding hydrogens is 280 g/mol. The molecule has 1 saturated heterocycles.